The van der Waals surface area contributed by atoms with Gasteiger partial charge in [0.05, 0.1) is 5.54 Å². The Morgan fingerprint density at radius 2 is 1.79 bits per heavy atom. The summed E-state index contributed by atoms with van der Waals surface area (Å²) >= 11 is 0. The van der Waals surface area contributed by atoms with Crippen molar-refractivity contribution >= 4 is 11.8 Å². The van der Waals surface area contributed by atoms with Crippen molar-refractivity contribution < 1.29 is 9.59 Å². The number of piperidine rings is 1. The van der Waals surface area contributed by atoms with Gasteiger partial charge in [-0.3, -0.25) is 9.59 Å². The van der Waals surface area contributed by atoms with E-state index >= 15 is 0 Å². The topological polar surface area (TPSA) is 61.4 Å². The zero-order valence-corrected chi connectivity index (χ0v) is 12.4. The van der Waals surface area contributed by atoms with Crippen molar-refractivity contribution in [1.82, 2.24) is 15.5 Å². The van der Waals surface area contributed by atoms with Crippen molar-refractivity contribution in [2.75, 3.05) is 26.2 Å². The quantitative estimate of drug-likeness (QED) is 0.753. The summed E-state index contributed by atoms with van der Waals surface area (Å²) in [5.41, 5.74) is -0.580. The number of likely N-dealkylation sites (N-methyl/N-ethyl adjacent to an activating group) is 1. The summed E-state index contributed by atoms with van der Waals surface area (Å²) < 4.78 is 0. The average molecular weight is 269 g/mol. The highest BCUT2D eigenvalue weighted by atomic mass is 16.2. The van der Waals surface area contributed by atoms with Crippen LogP contribution in [-0.2, 0) is 9.59 Å². The monoisotopic (exact) mass is 269 g/mol. The molecular formula is C14H27N3O2. The van der Waals surface area contributed by atoms with Crippen LogP contribution in [0.5, 0.6) is 0 Å². The third-order valence-corrected chi connectivity index (χ3v) is 3.52. The van der Waals surface area contributed by atoms with Crippen molar-refractivity contribution in [2.24, 2.45) is 0 Å². The lowest BCUT2D eigenvalue weighted by Crippen LogP contribution is -2.53. The highest BCUT2D eigenvalue weighted by Crippen LogP contribution is 2.09. The molecule has 1 fully saturated rings. The van der Waals surface area contributed by atoms with E-state index in [0.717, 1.165) is 32.5 Å². The zero-order chi connectivity index (χ0) is 14.3. The van der Waals surface area contributed by atoms with Gasteiger partial charge in [-0.1, -0.05) is 6.92 Å². The molecule has 1 aliphatic heterocycles. The fourth-order valence-electron chi connectivity index (χ4n) is 2.33. The Hall–Kier alpha value is -1.10. The van der Waals surface area contributed by atoms with Crippen LogP contribution in [0.3, 0.4) is 0 Å². The largest absolute Gasteiger partial charge is 0.354 e. The van der Waals surface area contributed by atoms with Crippen LogP contribution in [0.2, 0.25) is 0 Å². The Morgan fingerprint density at radius 3 is 2.37 bits per heavy atom. The molecule has 5 nitrogen and oxygen atoms in total. The smallest absolute Gasteiger partial charge is 0.239 e. The molecule has 0 radical (unpaired) electrons. The highest BCUT2D eigenvalue weighted by molar-refractivity contribution is 5.86. The molecule has 0 aromatic carbocycles. The molecule has 1 rings (SSSR count). The predicted octanol–water partition coefficient (Wildman–Crippen LogP) is 0.893. The SMILES string of the molecule is CCNC(C)(C)C(=O)NCCC(=O)N1CCCCC1. The van der Waals surface area contributed by atoms with E-state index in [4.69, 9.17) is 0 Å². The number of carbonyl (C=O) groups is 2. The van der Waals surface area contributed by atoms with Crippen molar-refractivity contribution in [1.29, 1.82) is 0 Å². The summed E-state index contributed by atoms with van der Waals surface area (Å²) in [7, 11) is 0. The molecule has 0 spiro atoms. The fraction of sp³-hybridized carbons (Fsp3) is 0.857. The predicted molar refractivity (Wildman–Crippen MR) is 75.8 cm³/mol. The van der Waals surface area contributed by atoms with Crippen LogP contribution < -0.4 is 10.6 Å². The van der Waals surface area contributed by atoms with Gasteiger partial charge in [0.2, 0.25) is 11.8 Å². The molecule has 0 unspecified atom stereocenters. The second-order valence-corrected chi connectivity index (χ2v) is 5.60. The standard InChI is InChI=1S/C14H27N3O2/c1-4-16-14(2,3)13(19)15-9-8-12(18)17-10-6-5-7-11-17/h16H,4-11H2,1-3H3,(H,15,19). The number of hydrogen-bond acceptors (Lipinski definition) is 3. The van der Waals surface area contributed by atoms with Gasteiger partial charge in [-0.15, -0.1) is 0 Å². The minimum Gasteiger partial charge on any atom is -0.354 e. The Labute approximate surface area is 116 Å². The van der Waals surface area contributed by atoms with Crippen molar-refractivity contribution in [2.45, 2.75) is 52.0 Å². The van der Waals surface area contributed by atoms with Gasteiger partial charge in [-0.05, 0) is 39.7 Å². The van der Waals surface area contributed by atoms with Crippen LogP contribution in [0.1, 0.15) is 46.5 Å². The van der Waals surface area contributed by atoms with Crippen LogP contribution in [-0.4, -0.2) is 48.4 Å². The number of hydrogen-bond donors (Lipinski definition) is 2. The lowest BCUT2D eigenvalue weighted by atomic mass is 10.0. The second kappa shape index (κ2) is 7.48. The van der Waals surface area contributed by atoms with Gasteiger partial charge in [0.1, 0.15) is 0 Å². The van der Waals surface area contributed by atoms with Crippen LogP contribution in [0.15, 0.2) is 0 Å². The molecule has 1 saturated heterocycles. The number of likely N-dealkylation sites (tertiary alicyclic amines) is 1. The summed E-state index contributed by atoms with van der Waals surface area (Å²) in [6.45, 7) is 8.56. The first-order valence-electron chi connectivity index (χ1n) is 7.28. The first-order chi connectivity index (χ1) is 8.97. The number of rotatable bonds is 6. The van der Waals surface area contributed by atoms with Crippen LogP contribution in [0.25, 0.3) is 0 Å². The molecule has 0 bridgehead atoms. The minimum absolute atomic E-state index is 0.0548. The summed E-state index contributed by atoms with van der Waals surface area (Å²) in [6, 6.07) is 0. The van der Waals surface area contributed by atoms with Crippen LogP contribution in [0, 0.1) is 0 Å². The van der Waals surface area contributed by atoms with E-state index in [9.17, 15) is 9.59 Å². The normalized spacial score (nSPS) is 16.3. The maximum atomic E-state index is 11.9. The van der Waals surface area contributed by atoms with Gasteiger partial charge >= 0.3 is 0 Å². The highest BCUT2D eigenvalue weighted by Gasteiger charge is 2.26. The van der Waals surface area contributed by atoms with E-state index in [-0.39, 0.29) is 11.8 Å². The first-order valence-corrected chi connectivity index (χ1v) is 7.28. The van der Waals surface area contributed by atoms with E-state index in [1.807, 2.05) is 25.7 Å². The van der Waals surface area contributed by atoms with Gasteiger partial charge in [0.15, 0.2) is 0 Å². The number of nitrogens with zero attached hydrogens (tertiary/aromatic N) is 1. The average Bonchev–Trinajstić information content (AvgIpc) is 2.39. The van der Waals surface area contributed by atoms with Crippen molar-refractivity contribution in [3.8, 4) is 0 Å². The number of carbonyl (C=O) groups excluding carboxylic acids is 2. The van der Waals surface area contributed by atoms with Crippen molar-refractivity contribution in [3.63, 3.8) is 0 Å². The molecule has 0 aliphatic carbocycles. The van der Waals surface area contributed by atoms with Crippen molar-refractivity contribution in [3.05, 3.63) is 0 Å². The Kier molecular flexibility index (Phi) is 6.28. The first kappa shape index (κ1) is 16.0. The van der Waals surface area contributed by atoms with Gasteiger partial charge in [0.25, 0.3) is 0 Å². The lowest BCUT2D eigenvalue weighted by Gasteiger charge is -2.27. The maximum absolute atomic E-state index is 11.9. The Balaban J connectivity index is 2.25. The molecule has 2 N–H and O–H groups in total. The van der Waals surface area contributed by atoms with Crippen LogP contribution >= 0.6 is 0 Å². The molecule has 1 aliphatic rings. The van der Waals surface area contributed by atoms with E-state index in [2.05, 4.69) is 10.6 Å². The molecule has 0 aromatic heterocycles. The molecule has 110 valence electrons. The summed E-state index contributed by atoms with van der Waals surface area (Å²) in [4.78, 5) is 25.7. The third-order valence-electron chi connectivity index (χ3n) is 3.52. The number of amides is 2. The van der Waals surface area contributed by atoms with Gasteiger partial charge in [0, 0.05) is 26.1 Å². The molecule has 0 aromatic rings. The van der Waals surface area contributed by atoms with Crippen LogP contribution in [0.4, 0.5) is 0 Å². The molecular weight excluding hydrogens is 242 g/mol. The molecule has 2 amide bonds. The van der Waals surface area contributed by atoms with E-state index < -0.39 is 5.54 Å². The van der Waals surface area contributed by atoms with Gasteiger partial charge < -0.3 is 15.5 Å². The number of nitrogens with one attached hydrogen (secondary N) is 2. The maximum Gasteiger partial charge on any atom is 0.239 e. The van der Waals surface area contributed by atoms with E-state index in [1.54, 1.807) is 0 Å². The van der Waals surface area contributed by atoms with E-state index in [0.29, 0.717) is 13.0 Å². The fourth-order valence-corrected chi connectivity index (χ4v) is 2.33. The molecule has 0 saturated carbocycles. The van der Waals surface area contributed by atoms with Gasteiger partial charge in [-0.25, -0.2) is 0 Å². The summed E-state index contributed by atoms with van der Waals surface area (Å²) in [5, 5.41) is 5.94. The second-order valence-electron chi connectivity index (χ2n) is 5.60. The summed E-state index contributed by atoms with van der Waals surface area (Å²) in [5.74, 6) is 0.0991. The van der Waals surface area contributed by atoms with E-state index in [1.165, 1.54) is 6.42 Å². The van der Waals surface area contributed by atoms with Gasteiger partial charge in [-0.2, -0.15) is 0 Å². The molecule has 5 heteroatoms. The Morgan fingerprint density at radius 1 is 1.16 bits per heavy atom. The third kappa shape index (κ3) is 5.19. The molecule has 0 atom stereocenters. The lowest BCUT2D eigenvalue weighted by molar-refractivity contribution is -0.132. The molecule has 19 heavy (non-hydrogen) atoms. The summed E-state index contributed by atoms with van der Waals surface area (Å²) in [6.07, 6.45) is 3.82. The minimum atomic E-state index is -0.580. The molecule has 1 heterocycles. The Bertz CT molecular complexity index is 310. The zero-order valence-electron chi connectivity index (χ0n) is 12.4.